The summed E-state index contributed by atoms with van der Waals surface area (Å²) in [7, 11) is -1.73. The van der Waals surface area contributed by atoms with Crippen molar-refractivity contribution in [3.8, 4) is 5.88 Å². The first-order valence-corrected chi connectivity index (χ1v) is 9.50. The Morgan fingerprint density at radius 3 is 2.60 bits per heavy atom. The lowest BCUT2D eigenvalue weighted by molar-refractivity contribution is -0.385. The van der Waals surface area contributed by atoms with Crippen molar-refractivity contribution in [2.45, 2.75) is 45.3 Å². The van der Waals surface area contributed by atoms with Crippen LogP contribution in [0.4, 0.5) is 5.69 Å². The van der Waals surface area contributed by atoms with Gasteiger partial charge in [0, 0.05) is 13.0 Å². The van der Waals surface area contributed by atoms with Crippen LogP contribution >= 0.6 is 0 Å². The molecular formula is C12H23N3O4Si. The van der Waals surface area contributed by atoms with E-state index >= 15 is 0 Å². The monoisotopic (exact) mass is 301 g/mol. The molecule has 0 fully saturated rings. The number of rotatable bonds is 7. The van der Waals surface area contributed by atoms with E-state index in [0.717, 1.165) is 6.20 Å². The third kappa shape index (κ3) is 4.31. The van der Waals surface area contributed by atoms with E-state index in [4.69, 9.17) is 9.16 Å². The van der Waals surface area contributed by atoms with Gasteiger partial charge in [-0.1, -0.05) is 20.8 Å². The molecule has 1 heterocycles. The largest absolute Gasteiger partial charge is 0.473 e. The van der Waals surface area contributed by atoms with Crippen LogP contribution in [0.2, 0.25) is 18.1 Å². The van der Waals surface area contributed by atoms with E-state index in [1.165, 1.54) is 0 Å². The molecule has 0 aromatic carbocycles. The molecular weight excluding hydrogens is 278 g/mol. The molecule has 0 unspecified atom stereocenters. The normalized spacial score (nSPS) is 12.4. The van der Waals surface area contributed by atoms with E-state index in [-0.39, 0.29) is 16.6 Å². The summed E-state index contributed by atoms with van der Waals surface area (Å²) in [6.45, 7) is 11.9. The van der Waals surface area contributed by atoms with Gasteiger partial charge in [0.1, 0.15) is 6.20 Å². The lowest BCUT2D eigenvalue weighted by Gasteiger charge is -2.36. The number of aromatic nitrogens is 2. The first kappa shape index (κ1) is 16.6. The zero-order chi connectivity index (χ0) is 15.4. The van der Waals surface area contributed by atoms with E-state index in [1.807, 2.05) is 0 Å². The van der Waals surface area contributed by atoms with Gasteiger partial charge in [-0.15, -0.1) is 0 Å². The van der Waals surface area contributed by atoms with Crippen molar-refractivity contribution >= 4 is 14.0 Å². The van der Waals surface area contributed by atoms with Gasteiger partial charge in [0.15, 0.2) is 8.32 Å². The summed E-state index contributed by atoms with van der Waals surface area (Å²) in [5.41, 5.74) is -0.143. The molecule has 1 N–H and O–H groups in total. The molecule has 114 valence electrons. The molecule has 8 heteroatoms. The van der Waals surface area contributed by atoms with Crippen molar-refractivity contribution < 1.29 is 14.1 Å². The summed E-state index contributed by atoms with van der Waals surface area (Å²) in [4.78, 5) is 10.1. The van der Waals surface area contributed by atoms with Gasteiger partial charge in [0.25, 0.3) is 5.88 Å². The smallest absolute Gasteiger partial charge is 0.350 e. The lowest BCUT2D eigenvalue weighted by Crippen LogP contribution is -2.41. The first-order chi connectivity index (χ1) is 9.15. The minimum absolute atomic E-state index is 0.0994. The second-order valence-electron chi connectivity index (χ2n) is 6.15. The second kappa shape index (κ2) is 6.36. The number of hydrogen-bond donors (Lipinski definition) is 1. The topological polar surface area (TPSA) is 90.3 Å². The summed E-state index contributed by atoms with van der Waals surface area (Å²) in [6.07, 6.45) is 1.82. The van der Waals surface area contributed by atoms with Gasteiger partial charge in [0.05, 0.1) is 11.5 Å². The standard InChI is InChI=1S/C12H23N3O4Si/c1-12(2,3)20(4,5)19-8-6-7-18-11-10(15(16)17)9-13-14-11/h9H,6-8H2,1-5H3,(H,13,14). The van der Waals surface area contributed by atoms with Gasteiger partial charge in [-0.25, -0.2) is 5.10 Å². The molecule has 1 aromatic heterocycles. The SMILES string of the molecule is CC(C)(C)[Si](C)(C)OCCCOc1[nH]ncc1[N+](=O)[O-]. The van der Waals surface area contributed by atoms with Crippen LogP contribution in [0.25, 0.3) is 0 Å². The molecule has 0 aliphatic heterocycles. The Morgan fingerprint density at radius 2 is 2.05 bits per heavy atom. The molecule has 20 heavy (non-hydrogen) atoms. The maximum Gasteiger partial charge on any atom is 0.350 e. The van der Waals surface area contributed by atoms with E-state index in [9.17, 15) is 10.1 Å². The Morgan fingerprint density at radius 1 is 1.40 bits per heavy atom. The third-order valence-corrected chi connectivity index (χ3v) is 8.12. The number of nitrogens with zero attached hydrogens (tertiary/aromatic N) is 2. The van der Waals surface area contributed by atoms with Gasteiger partial charge in [-0.3, -0.25) is 10.1 Å². The minimum atomic E-state index is -1.73. The molecule has 0 amide bonds. The van der Waals surface area contributed by atoms with Crippen LogP contribution in [0, 0.1) is 10.1 Å². The summed E-state index contributed by atoms with van der Waals surface area (Å²) < 4.78 is 11.3. The van der Waals surface area contributed by atoms with Crippen molar-refractivity contribution in [3.05, 3.63) is 16.3 Å². The second-order valence-corrected chi connectivity index (χ2v) is 11.0. The predicted molar refractivity (Wildman–Crippen MR) is 78.5 cm³/mol. The van der Waals surface area contributed by atoms with Crippen molar-refractivity contribution in [3.63, 3.8) is 0 Å². The average molecular weight is 301 g/mol. The average Bonchev–Trinajstić information content (AvgIpc) is 2.75. The van der Waals surface area contributed by atoms with Crippen molar-refractivity contribution in [1.82, 2.24) is 10.2 Å². The zero-order valence-corrected chi connectivity index (χ0v) is 13.7. The summed E-state index contributed by atoms with van der Waals surface area (Å²) in [5.74, 6) is 0.0994. The number of hydrogen-bond acceptors (Lipinski definition) is 5. The quantitative estimate of drug-likeness (QED) is 0.361. The maximum absolute atomic E-state index is 10.7. The number of nitro groups is 1. The van der Waals surface area contributed by atoms with Crippen LogP contribution in [-0.2, 0) is 4.43 Å². The molecule has 1 aromatic rings. The number of ether oxygens (including phenoxy) is 1. The predicted octanol–water partition coefficient (Wildman–Crippen LogP) is 3.11. The highest BCUT2D eigenvalue weighted by molar-refractivity contribution is 6.74. The van der Waals surface area contributed by atoms with Crippen LogP contribution in [0.1, 0.15) is 27.2 Å². The molecule has 0 radical (unpaired) electrons. The zero-order valence-electron chi connectivity index (χ0n) is 12.7. The Balaban J connectivity index is 2.33. The molecule has 0 aliphatic rings. The van der Waals surface area contributed by atoms with Gasteiger partial charge in [0.2, 0.25) is 0 Å². The minimum Gasteiger partial charge on any atom is -0.473 e. The van der Waals surface area contributed by atoms with E-state index < -0.39 is 13.2 Å². The fourth-order valence-corrected chi connectivity index (χ4v) is 2.37. The van der Waals surface area contributed by atoms with Crippen LogP contribution < -0.4 is 4.74 Å². The first-order valence-electron chi connectivity index (χ1n) is 6.59. The summed E-state index contributed by atoms with van der Waals surface area (Å²) >= 11 is 0. The summed E-state index contributed by atoms with van der Waals surface area (Å²) in [5, 5.41) is 16.9. The van der Waals surface area contributed by atoms with Crippen molar-refractivity contribution in [2.75, 3.05) is 13.2 Å². The van der Waals surface area contributed by atoms with Crippen LogP contribution in [0.5, 0.6) is 5.88 Å². The third-order valence-electron chi connectivity index (χ3n) is 3.59. The van der Waals surface area contributed by atoms with E-state index in [1.54, 1.807) is 0 Å². The van der Waals surface area contributed by atoms with Crippen molar-refractivity contribution in [1.29, 1.82) is 0 Å². The molecule has 0 atom stereocenters. The Kier molecular flexibility index (Phi) is 5.29. The number of nitrogens with one attached hydrogen (secondary N) is 1. The highest BCUT2D eigenvalue weighted by Crippen LogP contribution is 2.36. The highest BCUT2D eigenvalue weighted by atomic mass is 28.4. The fraction of sp³-hybridized carbons (Fsp3) is 0.750. The molecule has 7 nitrogen and oxygen atoms in total. The van der Waals surface area contributed by atoms with Gasteiger partial charge < -0.3 is 9.16 Å². The number of aromatic amines is 1. The summed E-state index contributed by atoms with van der Waals surface area (Å²) in [6, 6.07) is 0. The molecule has 0 saturated carbocycles. The van der Waals surface area contributed by atoms with Gasteiger partial charge >= 0.3 is 5.69 Å². The molecule has 0 aliphatic carbocycles. The van der Waals surface area contributed by atoms with Crippen LogP contribution in [-0.4, -0.2) is 36.7 Å². The molecule has 0 bridgehead atoms. The fourth-order valence-electron chi connectivity index (χ4n) is 1.28. The van der Waals surface area contributed by atoms with Crippen LogP contribution in [0.3, 0.4) is 0 Å². The van der Waals surface area contributed by atoms with Crippen LogP contribution in [0.15, 0.2) is 6.20 Å². The number of H-pyrrole nitrogens is 1. The lowest BCUT2D eigenvalue weighted by atomic mass is 10.2. The van der Waals surface area contributed by atoms with Crippen molar-refractivity contribution in [2.24, 2.45) is 0 Å². The Bertz CT molecular complexity index is 454. The molecule has 1 rings (SSSR count). The van der Waals surface area contributed by atoms with Gasteiger partial charge in [-0.2, -0.15) is 5.10 Å². The molecule has 0 saturated heterocycles. The highest BCUT2D eigenvalue weighted by Gasteiger charge is 2.36. The molecule has 0 spiro atoms. The van der Waals surface area contributed by atoms with E-state index in [0.29, 0.717) is 19.6 Å². The van der Waals surface area contributed by atoms with Gasteiger partial charge in [-0.05, 0) is 18.1 Å². The Labute approximate surface area is 119 Å². The Hall–Kier alpha value is -1.41. The van der Waals surface area contributed by atoms with E-state index in [2.05, 4.69) is 44.1 Å². The maximum atomic E-state index is 10.7.